The third-order valence-electron chi connectivity index (χ3n) is 11.2. The fraction of sp³-hybridized carbons (Fsp3) is 0.333. The molecule has 2 aliphatic carbocycles. The van der Waals surface area contributed by atoms with Crippen molar-refractivity contribution in [3.05, 3.63) is 129 Å². The van der Waals surface area contributed by atoms with Gasteiger partial charge in [-0.1, -0.05) is 0 Å². The molecule has 0 heterocycles. The molecule has 2 atom stereocenters. The van der Waals surface area contributed by atoms with Crippen LogP contribution in [0.15, 0.2) is 96.1 Å². The summed E-state index contributed by atoms with van der Waals surface area (Å²) in [6, 6.07) is 22.5. The quantitative estimate of drug-likeness (QED) is 0.104. The molecular formula is C42H43Cl2F6HfSi. The number of fused-ring (bicyclic) bond motifs is 2. The molecule has 0 aliphatic heterocycles. The first-order valence-electron chi connectivity index (χ1n) is 18.1. The summed E-state index contributed by atoms with van der Waals surface area (Å²) in [5.74, 6) is -2.03. The Balaban J connectivity index is 1.62. The van der Waals surface area contributed by atoms with Crippen molar-refractivity contribution in [2.75, 3.05) is 0 Å². The van der Waals surface area contributed by atoms with E-state index in [4.69, 9.17) is 17.2 Å². The Bertz CT molecular complexity index is 1910. The summed E-state index contributed by atoms with van der Waals surface area (Å²) >= 11 is -5.54. The van der Waals surface area contributed by atoms with Crippen LogP contribution in [0.25, 0.3) is 34.4 Å². The van der Waals surface area contributed by atoms with Gasteiger partial charge in [0.15, 0.2) is 0 Å². The van der Waals surface area contributed by atoms with Gasteiger partial charge in [0.25, 0.3) is 0 Å². The standard InChI is InChI=1S/2C20H18F3.C2H7Si.2ClH.Hf/c2*1-2-3-7-14-12-15-8-6-10-16(18(15)13-14)17-9-4-5-11-19(17)20(21,22)23;1-3-2;;;/h2*4-6,8-13H,2-3,7H2,1H3;3H,1-2H3;2*1H;/q;;;;;+2/p-2. The van der Waals surface area contributed by atoms with E-state index in [9.17, 15) is 26.3 Å². The molecule has 2 aliphatic rings. The Morgan fingerprint density at radius 1 is 0.558 bits per heavy atom. The van der Waals surface area contributed by atoms with E-state index in [-0.39, 0.29) is 18.5 Å². The van der Waals surface area contributed by atoms with Gasteiger partial charge in [0, 0.05) is 0 Å². The molecule has 0 amide bonds. The normalized spacial score (nSPS) is 18.1. The van der Waals surface area contributed by atoms with Crippen LogP contribution in [0.3, 0.4) is 0 Å². The third-order valence-corrected chi connectivity index (χ3v) is 84.0. The summed E-state index contributed by atoms with van der Waals surface area (Å²) in [6.45, 7) is 8.61. The predicted octanol–water partition coefficient (Wildman–Crippen LogP) is 15.0. The topological polar surface area (TPSA) is 0 Å². The van der Waals surface area contributed by atoms with Crippen molar-refractivity contribution in [2.24, 2.45) is 0 Å². The molecule has 0 fully saturated rings. The monoisotopic (exact) mass is 939 g/mol. The molecule has 0 N–H and O–H groups in total. The van der Waals surface area contributed by atoms with Crippen molar-refractivity contribution < 1.29 is 41.6 Å². The Kier molecular flexibility index (Phi) is 11.1. The molecule has 0 radical (unpaired) electrons. The number of allylic oxidation sites excluding steroid dienone is 2. The molecule has 4 aromatic rings. The van der Waals surface area contributed by atoms with Crippen molar-refractivity contribution in [1.29, 1.82) is 0 Å². The molecule has 52 heavy (non-hydrogen) atoms. The van der Waals surface area contributed by atoms with Crippen LogP contribution in [0, 0.1) is 0 Å². The van der Waals surface area contributed by atoms with Crippen LogP contribution in [-0.4, -0.2) is 5.98 Å². The van der Waals surface area contributed by atoms with Gasteiger partial charge in [-0.05, 0) is 0 Å². The van der Waals surface area contributed by atoms with Crippen LogP contribution >= 0.6 is 17.2 Å². The van der Waals surface area contributed by atoms with E-state index in [0.29, 0.717) is 24.0 Å². The van der Waals surface area contributed by atoms with E-state index in [1.54, 1.807) is 24.3 Å². The number of alkyl halides is 6. The van der Waals surface area contributed by atoms with Gasteiger partial charge >= 0.3 is 314 Å². The number of halogens is 8. The summed E-state index contributed by atoms with van der Waals surface area (Å²) in [5, 5.41) is 0. The Morgan fingerprint density at radius 3 is 1.27 bits per heavy atom. The van der Waals surface area contributed by atoms with Crippen molar-refractivity contribution in [1.82, 2.24) is 0 Å². The van der Waals surface area contributed by atoms with Crippen LogP contribution in [0.2, 0.25) is 13.1 Å². The fourth-order valence-electron chi connectivity index (χ4n) is 8.66. The average molecular weight is 939 g/mol. The number of unbranched alkanes of at least 4 members (excludes halogenated alkanes) is 2. The number of hydrogen-bond acceptors (Lipinski definition) is 0. The van der Waals surface area contributed by atoms with Crippen LogP contribution in [0.4, 0.5) is 26.3 Å². The molecule has 2 unspecified atom stereocenters. The number of hydrogen-bond donors (Lipinski definition) is 0. The molecule has 0 spiro atoms. The van der Waals surface area contributed by atoms with Crippen molar-refractivity contribution >= 4 is 35.3 Å². The average Bonchev–Trinajstić information content (AvgIpc) is 3.68. The number of rotatable bonds is 11. The first-order chi connectivity index (χ1) is 24.5. The summed E-state index contributed by atoms with van der Waals surface area (Å²) in [4.78, 5) is 0. The van der Waals surface area contributed by atoms with Gasteiger partial charge in [0.1, 0.15) is 0 Å². The van der Waals surface area contributed by atoms with Gasteiger partial charge in [-0.15, -0.1) is 0 Å². The second kappa shape index (κ2) is 14.7. The molecule has 0 saturated carbocycles. The molecule has 275 valence electrons. The van der Waals surface area contributed by atoms with Gasteiger partial charge in [0.05, 0.1) is 0 Å². The van der Waals surface area contributed by atoms with Crippen LogP contribution in [0.1, 0.15) is 93.1 Å². The minimum absolute atomic E-state index is 0.114. The molecule has 0 aromatic heterocycles. The Labute approximate surface area is 311 Å². The summed E-state index contributed by atoms with van der Waals surface area (Å²) in [7, 11) is 17.1. The minimum atomic E-state index is -5.54. The second-order valence-corrected chi connectivity index (χ2v) is 73.9. The van der Waals surface area contributed by atoms with E-state index in [0.717, 1.165) is 71.2 Å². The molecule has 6 rings (SSSR count). The van der Waals surface area contributed by atoms with Crippen molar-refractivity contribution in [3.8, 4) is 22.3 Å². The second-order valence-electron chi connectivity index (χ2n) is 14.6. The van der Waals surface area contributed by atoms with Gasteiger partial charge in [-0.3, -0.25) is 0 Å². The van der Waals surface area contributed by atoms with E-state index in [1.165, 1.54) is 24.3 Å². The van der Waals surface area contributed by atoms with Gasteiger partial charge in [-0.2, -0.15) is 0 Å². The maximum absolute atomic E-state index is 14.4. The van der Waals surface area contributed by atoms with Gasteiger partial charge in [0.2, 0.25) is 0 Å². The van der Waals surface area contributed by atoms with Gasteiger partial charge < -0.3 is 0 Å². The van der Waals surface area contributed by atoms with Gasteiger partial charge in [-0.25, -0.2) is 0 Å². The fourth-order valence-corrected chi connectivity index (χ4v) is 53.2. The number of benzene rings is 4. The Morgan fingerprint density at radius 2 is 0.923 bits per heavy atom. The first kappa shape index (κ1) is 39.3. The van der Waals surface area contributed by atoms with Crippen LogP contribution in [-0.2, 0) is 27.7 Å². The summed E-state index contributed by atoms with van der Waals surface area (Å²) in [5.41, 5.74) is 5.19. The maximum atomic E-state index is 14.4. The molecule has 0 nitrogen and oxygen atoms in total. The molecule has 4 aromatic carbocycles. The Hall–Kier alpha value is -2.39. The van der Waals surface area contributed by atoms with Crippen LogP contribution < -0.4 is 0 Å². The van der Waals surface area contributed by atoms with E-state index >= 15 is 0 Å². The zero-order valence-corrected chi connectivity index (χ0v) is 36.0. The summed E-state index contributed by atoms with van der Waals surface area (Å²) in [6.07, 6.45) is 0.00191. The summed E-state index contributed by atoms with van der Waals surface area (Å²) < 4.78 is 85.6. The van der Waals surface area contributed by atoms with E-state index < -0.39 is 44.8 Å². The van der Waals surface area contributed by atoms with Crippen molar-refractivity contribution in [2.45, 2.75) is 85.2 Å². The zero-order chi connectivity index (χ0) is 37.7. The molecule has 10 heteroatoms. The first-order valence-corrected chi connectivity index (χ1v) is 40.3. The third kappa shape index (κ3) is 6.77. The van der Waals surface area contributed by atoms with Crippen molar-refractivity contribution in [3.63, 3.8) is 0 Å². The van der Waals surface area contributed by atoms with Crippen LogP contribution in [0.5, 0.6) is 0 Å². The predicted molar refractivity (Wildman–Crippen MR) is 205 cm³/mol. The molecular weight excluding hydrogens is 896 g/mol. The zero-order valence-electron chi connectivity index (χ0n) is 29.7. The van der Waals surface area contributed by atoms with E-state index in [2.05, 4.69) is 39.1 Å². The van der Waals surface area contributed by atoms with E-state index in [1.807, 2.05) is 24.3 Å². The molecule has 0 bridgehead atoms. The SMILES string of the molecule is CCCCC1=Cc2c(-c3ccccc3C(F)(F)F)cccc2[CH]1[Hf]([Cl])([Cl])([CH]1C(CCCC)=Cc2c(-c3ccccc3C(F)(F)F)cccc21)[SiH](C)C. The molecule has 0 saturated heterocycles.